The molecule has 0 radical (unpaired) electrons. The van der Waals surface area contributed by atoms with Crippen LogP contribution >= 0.6 is 0 Å². The number of benzene rings is 2. The molecule has 0 unspecified atom stereocenters. The minimum Gasteiger partial charge on any atom is -0.335 e. The van der Waals surface area contributed by atoms with Crippen LogP contribution in [-0.4, -0.2) is 63.7 Å². The third-order valence-electron chi connectivity index (χ3n) is 5.31. The number of carbonyl (C=O) groups excluding carboxylic acids is 1. The van der Waals surface area contributed by atoms with Gasteiger partial charge in [0.15, 0.2) is 5.82 Å². The summed E-state index contributed by atoms with van der Waals surface area (Å²) in [6.45, 7) is 3.92. The number of likely N-dealkylation sites (N-methyl/N-ethyl adjacent to an activating group) is 2. The van der Waals surface area contributed by atoms with E-state index in [4.69, 9.17) is 0 Å². The lowest BCUT2D eigenvalue weighted by Gasteiger charge is -2.22. The van der Waals surface area contributed by atoms with Crippen LogP contribution < -0.4 is 0 Å². The van der Waals surface area contributed by atoms with Gasteiger partial charge in [-0.2, -0.15) is 0 Å². The highest BCUT2D eigenvalue weighted by Gasteiger charge is 2.29. The van der Waals surface area contributed by atoms with Gasteiger partial charge < -0.3 is 9.80 Å². The van der Waals surface area contributed by atoms with Gasteiger partial charge in [0.25, 0.3) is 5.91 Å². The van der Waals surface area contributed by atoms with Gasteiger partial charge in [0, 0.05) is 25.2 Å². The van der Waals surface area contributed by atoms with Crippen LogP contribution in [-0.2, 0) is 0 Å². The van der Waals surface area contributed by atoms with E-state index in [0.717, 1.165) is 36.3 Å². The number of amides is 1. The zero-order chi connectivity index (χ0) is 19.7. The van der Waals surface area contributed by atoms with Gasteiger partial charge in [-0.05, 0) is 44.6 Å². The van der Waals surface area contributed by atoms with Gasteiger partial charge in [-0.3, -0.25) is 4.79 Å². The standard InChI is InChI=1S/C22H25N5O/c1-16-8-7-11-18(14-16)27-21(17-9-5-4-6-10-17)23-20(24-27)22(28)26(3)19-12-13-25(2)15-19/h4-11,14,19H,12-13,15H2,1-3H3/t19-/m0/s1. The van der Waals surface area contributed by atoms with Crippen molar-refractivity contribution in [2.45, 2.75) is 19.4 Å². The van der Waals surface area contributed by atoms with Crippen LogP contribution in [0, 0.1) is 6.92 Å². The molecule has 1 fully saturated rings. The Hall–Kier alpha value is -2.99. The topological polar surface area (TPSA) is 54.3 Å². The van der Waals surface area contributed by atoms with Crippen molar-refractivity contribution in [1.82, 2.24) is 24.6 Å². The average Bonchev–Trinajstić information content (AvgIpc) is 3.34. The number of carbonyl (C=O) groups is 1. The largest absolute Gasteiger partial charge is 0.335 e. The van der Waals surface area contributed by atoms with E-state index in [1.165, 1.54) is 0 Å². The maximum atomic E-state index is 13.1. The molecule has 0 spiro atoms. The molecule has 6 heteroatoms. The summed E-state index contributed by atoms with van der Waals surface area (Å²) in [4.78, 5) is 21.8. The Morgan fingerprint density at radius 2 is 1.93 bits per heavy atom. The second-order valence-corrected chi connectivity index (χ2v) is 7.50. The van der Waals surface area contributed by atoms with E-state index in [1.807, 2.05) is 68.6 Å². The van der Waals surface area contributed by atoms with Gasteiger partial charge in [-0.15, -0.1) is 5.10 Å². The molecule has 1 aliphatic rings. The first-order chi connectivity index (χ1) is 13.5. The van der Waals surface area contributed by atoms with Gasteiger partial charge >= 0.3 is 0 Å². The lowest BCUT2D eigenvalue weighted by atomic mass is 10.2. The van der Waals surface area contributed by atoms with E-state index in [-0.39, 0.29) is 17.8 Å². The fourth-order valence-electron chi connectivity index (χ4n) is 3.67. The van der Waals surface area contributed by atoms with Crippen molar-refractivity contribution in [3.05, 3.63) is 66.0 Å². The Balaban J connectivity index is 1.74. The normalized spacial score (nSPS) is 17.0. The molecule has 1 atom stereocenters. The van der Waals surface area contributed by atoms with Crippen molar-refractivity contribution in [3.63, 3.8) is 0 Å². The molecular weight excluding hydrogens is 350 g/mol. The van der Waals surface area contributed by atoms with Gasteiger partial charge in [-0.1, -0.05) is 42.5 Å². The Kier molecular flexibility index (Phi) is 4.96. The first-order valence-corrected chi connectivity index (χ1v) is 9.58. The molecule has 1 aliphatic heterocycles. The molecule has 3 aromatic rings. The Bertz CT molecular complexity index is 982. The molecule has 2 aromatic carbocycles. The van der Waals surface area contributed by atoms with Crippen LogP contribution in [0.2, 0.25) is 0 Å². The zero-order valence-corrected chi connectivity index (χ0v) is 16.5. The minimum absolute atomic E-state index is 0.135. The predicted molar refractivity (Wildman–Crippen MR) is 110 cm³/mol. The summed E-state index contributed by atoms with van der Waals surface area (Å²) in [5.74, 6) is 0.771. The van der Waals surface area contributed by atoms with Crippen LogP contribution in [0.25, 0.3) is 17.1 Å². The van der Waals surface area contributed by atoms with Crippen LogP contribution in [0.1, 0.15) is 22.6 Å². The monoisotopic (exact) mass is 375 g/mol. The maximum Gasteiger partial charge on any atom is 0.293 e. The van der Waals surface area contributed by atoms with Crippen LogP contribution in [0.5, 0.6) is 0 Å². The van der Waals surface area contributed by atoms with Crippen molar-refractivity contribution in [3.8, 4) is 17.1 Å². The van der Waals surface area contributed by atoms with E-state index < -0.39 is 0 Å². The summed E-state index contributed by atoms with van der Waals surface area (Å²) in [7, 11) is 3.93. The fourth-order valence-corrected chi connectivity index (χ4v) is 3.67. The average molecular weight is 375 g/mol. The van der Waals surface area contributed by atoms with Crippen LogP contribution in [0.3, 0.4) is 0 Å². The minimum atomic E-state index is -0.135. The van der Waals surface area contributed by atoms with Crippen molar-refractivity contribution in [1.29, 1.82) is 0 Å². The molecule has 0 N–H and O–H groups in total. The molecule has 2 heterocycles. The summed E-state index contributed by atoms with van der Waals surface area (Å²) in [5.41, 5.74) is 2.96. The molecule has 0 bridgehead atoms. The molecule has 1 amide bonds. The van der Waals surface area contributed by atoms with E-state index >= 15 is 0 Å². The van der Waals surface area contributed by atoms with Gasteiger partial charge in [-0.25, -0.2) is 9.67 Å². The van der Waals surface area contributed by atoms with E-state index in [1.54, 1.807) is 9.58 Å². The molecule has 4 rings (SSSR count). The van der Waals surface area contributed by atoms with Gasteiger partial charge in [0.05, 0.1) is 5.69 Å². The quantitative estimate of drug-likeness (QED) is 0.703. The molecule has 1 aromatic heterocycles. The number of likely N-dealkylation sites (tertiary alicyclic amines) is 1. The molecule has 1 saturated heterocycles. The Morgan fingerprint density at radius 1 is 1.14 bits per heavy atom. The number of nitrogens with zero attached hydrogens (tertiary/aromatic N) is 5. The highest BCUT2D eigenvalue weighted by molar-refractivity contribution is 5.91. The number of aryl methyl sites for hydroxylation is 1. The molecule has 0 saturated carbocycles. The molecule has 6 nitrogen and oxygen atoms in total. The van der Waals surface area contributed by atoms with Crippen molar-refractivity contribution in [2.75, 3.05) is 27.2 Å². The number of aromatic nitrogens is 3. The lowest BCUT2D eigenvalue weighted by Crippen LogP contribution is -2.39. The zero-order valence-electron chi connectivity index (χ0n) is 16.5. The highest BCUT2D eigenvalue weighted by Crippen LogP contribution is 2.23. The summed E-state index contributed by atoms with van der Waals surface area (Å²) < 4.78 is 1.77. The van der Waals surface area contributed by atoms with E-state index in [9.17, 15) is 4.79 Å². The van der Waals surface area contributed by atoms with Gasteiger partial charge in [0.1, 0.15) is 0 Å². The second kappa shape index (κ2) is 7.56. The van der Waals surface area contributed by atoms with Gasteiger partial charge in [0.2, 0.25) is 5.82 Å². The summed E-state index contributed by atoms with van der Waals surface area (Å²) in [5, 5.41) is 4.61. The van der Waals surface area contributed by atoms with Crippen molar-refractivity contribution < 1.29 is 4.79 Å². The molecule has 144 valence electrons. The molecule has 28 heavy (non-hydrogen) atoms. The highest BCUT2D eigenvalue weighted by atomic mass is 16.2. The smallest absolute Gasteiger partial charge is 0.293 e. The van der Waals surface area contributed by atoms with Crippen LogP contribution in [0.4, 0.5) is 0 Å². The van der Waals surface area contributed by atoms with E-state index in [0.29, 0.717) is 5.82 Å². The SMILES string of the molecule is Cc1cccc(-n2nc(C(=O)N(C)[C@H]3CCN(C)C3)nc2-c2ccccc2)c1. The Morgan fingerprint density at radius 3 is 2.61 bits per heavy atom. The van der Waals surface area contributed by atoms with Crippen molar-refractivity contribution in [2.24, 2.45) is 0 Å². The second-order valence-electron chi connectivity index (χ2n) is 7.50. The fraction of sp³-hybridized carbons (Fsp3) is 0.318. The summed E-state index contributed by atoms with van der Waals surface area (Å²) >= 11 is 0. The molecular formula is C22H25N5O. The first kappa shape index (κ1) is 18.4. The van der Waals surface area contributed by atoms with Crippen molar-refractivity contribution >= 4 is 5.91 Å². The lowest BCUT2D eigenvalue weighted by molar-refractivity contribution is 0.0725. The number of hydrogen-bond donors (Lipinski definition) is 0. The van der Waals surface area contributed by atoms with Crippen LogP contribution in [0.15, 0.2) is 54.6 Å². The Labute approximate surface area is 165 Å². The first-order valence-electron chi connectivity index (χ1n) is 9.58. The molecule has 0 aliphatic carbocycles. The van der Waals surface area contributed by atoms with E-state index in [2.05, 4.69) is 22.0 Å². The predicted octanol–water partition coefficient (Wildman–Crippen LogP) is 3.02. The third kappa shape index (κ3) is 3.55. The number of rotatable bonds is 4. The summed E-state index contributed by atoms with van der Waals surface area (Å²) in [6, 6.07) is 18.1. The number of hydrogen-bond acceptors (Lipinski definition) is 4. The maximum absolute atomic E-state index is 13.1. The third-order valence-corrected chi connectivity index (χ3v) is 5.31. The summed E-state index contributed by atoms with van der Waals surface area (Å²) in [6.07, 6.45) is 0.975.